The van der Waals surface area contributed by atoms with Crippen molar-refractivity contribution in [1.29, 1.82) is 0 Å². The van der Waals surface area contributed by atoms with Gasteiger partial charge in [0.2, 0.25) is 5.91 Å². The molecular formula is C14H13BrClN3O. The van der Waals surface area contributed by atoms with Crippen molar-refractivity contribution in [2.45, 2.75) is 12.8 Å². The first-order valence-electron chi connectivity index (χ1n) is 6.00. The van der Waals surface area contributed by atoms with Gasteiger partial charge in [0, 0.05) is 12.1 Å². The number of aryl methyl sites for hydroxylation is 1. The summed E-state index contributed by atoms with van der Waals surface area (Å²) >= 11 is 9.05. The number of nitrogens with zero attached hydrogens (tertiary/aromatic N) is 1. The highest BCUT2D eigenvalue weighted by atomic mass is 79.9. The van der Waals surface area contributed by atoms with Gasteiger partial charge < -0.3 is 11.1 Å². The van der Waals surface area contributed by atoms with Crippen molar-refractivity contribution in [3.8, 4) is 0 Å². The molecular weight excluding hydrogens is 342 g/mol. The summed E-state index contributed by atoms with van der Waals surface area (Å²) in [6.07, 6.45) is 2.54. The Labute approximate surface area is 130 Å². The van der Waals surface area contributed by atoms with Crippen LogP contribution in [0.2, 0.25) is 5.15 Å². The van der Waals surface area contributed by atoms with Gasteiger partial charge in [-0.05, 0) is 46.1 Å². The largest absolute Gasteiger partial charge is 0.399 e. The highest BCUT2D eigenvalue weighted by molar-refractivity contribution is 9.10. The van der Waals surface area contributed by atoms with E-state index in [0.29, 0.717) is 33.8 Å². The van der Waals surface area contributed by atoms with Gasteiger partial charge in [-0.1, -0.05) is 23.7 Å². The van der Waals surface area contributed by atoms with Crippen molar-refractivity contribution in [1.82, 2.24) is 4.98 Å². The van der Waals surface area contributed by atoms with Crippen LogP contribution in [-0.2, 0) is 11.2 Å². The summed E-state index contributed by atoms with van der Waals surface area (Å²) in [5.41, 5.74) is 8.04. The van der Waals surface area contributed by atoms with Crippen LogP contribution in [-0.4, -0.2) is 10.9 Å². The molecule has 1 aromatic carbocycles. The number of benzene rings is 1. The molecule has 0 aliphatic rings. The van der Waals surface area contributed by atoms with Gasteiger partial charge in [-0.15, -0.1) is 0 Å². The van der Waals surface area contributed by atoms with Crippen molar-refractivity contribution in [3.63, 3.8) is 0 Å². The Morgan fingerprint density at radius 3 is 2.90 bits per heavy atom. The first-order valence-corrected chi connectivity index (χ1v) is 7.17. The molecule has 2 rings (SSSR count). The number of anilines is 2. The average Bonchev–Trinajstić information content (AvgIpc) is 2.41. The summed E-state index contributed by atoms with van der Waals surface area (Å²) in [4.78, 5) is 15.8. The monoisotopic (exact) mass is 353 g/mol. The van der Waals surface area contributed by atoms with E-state index in [1.165, 1.54) is 6.20 Å². The summed E-state index contributed by atoms with van der Waals surface area (Å²) in [6, 6.07) is 9.23. The number of halogens is 2. The van der Waals surface area contributed by atoms with E-state index >= 15 is 0 Å². The fraction of sp³-hybridized carbons (Fsp3) is 0.143. The number of carbonyl (C=O) groups is 1. The van der Waals surface area contributed by atoms with E-state index in [1.807, 2.05) is 24.3 Å². The molecule has 0 unspecified atom stereocenters. The Hall–Kier alpha value is -1.59. The lowest BCUT2D eigenvalue weighted by atomic mass is 10.1. The molecule has 3 N–H and O–H groups in total. The molecule has 0 aliphatic heterocycles. The lowest BCUT2D eigenvalue weighted by molar-refractivity contribution is -0.116. The molecule has 1 amide bonds. The summed E-state index contributed by atoms with van der Waals surface area (Å²) in [5, 5.41) is 3.14. The van der Waals surface area contributed by atoms with Gasteiger partial charge in [0.25, 0.3) is 0 Å². The first-order chi connectivity index (χ1) is 9.54. The van der Waals surface area contributed by atoms with Crippen LogP contribution in [0.5, 0.6) is 0 Å². The van der Waals surface area contributed by atoms with Crippen molar-refractivity contribution >= 4 is 44.8 Å². The minimum atomic E-state index is -0.0801. The molecule has 0 atom stereocenters. The molecule has 2 aromatic rings. The molecule has 0 spiro atoms. The molecule has 20 heavy (non-hydrogen) atoms. The standard InChI is InChI=1S/C14H13BrClN3O/c15-12-7-11(8-18-14(12)16)19-13(20)5-4-9-2-1-3-10(17)6-9/h1-3,6-8H,4-5,17H2,(H,19,20). The number of nitrogen functional groups attached to an aromatic ring is 1. The van der Waals surface area contributed by atoms with Gasteiger partial charge in [-0.2, -0.15) is 0 Å². The maximum absolute atomic E-state index is 11.8. The molecule has 1 heterocycles. The Bertz CT molecular complexity index is 634. The lowest BCUT2D eigenvalue weighted by Gasteiger charge is -2.06. The van der Waals surface area contributed by atoms with Crippen LogP contribution in [0, 0.1) is 0 Å². The van der Waals surface area contributed by atoms with Crippen LogP contribution < -0.4 is 11.1 Å². The number of aromatic nitrogens is 1. The number of nitrogens with one attached hydrogen (secondary N) is 1. The maximum Gasteiger partial charge on any atom is 0.224 e. The van der Waals surface area contributed by atoms with Gasteiger partial charge in [0.15, 0.2) is 0 Å². The Morgan fingerprint density at radius 2 is 2.20 bits per heavy atom. The molecule has 0 fully saturated rings. The summed E-state index contributed by atoms with van der Waals surface area (Å²) in [6.45, 7) is 0. The number of carbonyl (C=O) groups excluding carboxylic acids is 1. The van der Waals surface area contributed by atoms with Crippen molar-refractivity contribution in [3.05, 3.63) is 51.7 Å². The average molecular weight is 355 g/mol. The zero-order valence-electron chi connectivity index (χ0n) is 10.6. The smallest absolute Gasteiger partial charge is 0.224 e. The van der Waals surface area contributed by atoms with Crippen LogP contribution in [0.4, 0.5) is 11.4 Å². The third kappa shape index (κ3) is 4.21. The maximum atomic E-state index is 11.8. The van der Waals surface area contributed by atoms with Crippen LogP contribution in [0.25, 0.3) is 0 Å². The van der Waals surface area contributed by atoms with Crippen LogP contribution >= 0.6 is 27.5 Å². The molecule has 0 saturated carbocycles. The number of rotatable bonds is 4. The van der Waals surface area contributed by atoms with E-state index in [9.17, 15) is 4.79 Å². The normalized spacial score (nSPS) is 10.3. The number of hydrogen-bond acceptors (Lipinski definition) is 3. The molecule has 0 aliphatic carbocycles. The fourth-order valence-corrected chi connectivity index (χ4v) is 2.17. The molecule has 104 valence electrons. The zero-order chi connectivity index (χ0) is 14.5. The number of amides is 1. The molecule has 6 heteroatoms. The second kappa shape index (κ2) is 6.72. The molecule has 1 aromatic heterocycles. The zero-order valence-corrected chi connectivity index (χ0v) is 12.9. The SMILES string of the molecule is Nc1cccc(CCC(=O)Nc2cnc(Cl)c(Br)c2)c1. The Balaban J connectivity index is 1.91. The van der Waals surface area contributed by atoms with Crippen LogP contribution in [0.1, 0.15) is 12.0 Å². The van der Waals surface area contributed by atoms with Gasteiger partial charge >= 0.3 is 0 Å². The molecule has 0 bridgehead atoms. The van der Waals surface area contributed by atoms with E-state index in [2.05, 4.69) is 26.2 Å². The summed E-state index contributed by atoms with van der Waals surface area (Å²) in [5.74, 6) is -0.0801. The first kappa shape index (κ1) is 14.8. The lowest BCUT2D eigenvalue weighted by Crippen LogP contribution is -2.12. The highest BCUT2D eigenvalue weighted by Gasteiger charge is 2.06. The Morgan fingerprint density at radius 1 is 1.40 bits per heavy atom. The molecule has 4 nitrogen and oxygen atoms in total. The summed E-state index contributed by atoms with van der Waals surface area (Å²) < 4.78 is 0.646. The third-order valence-corrected chi connectivity index (χ3v) is 3.81. The third-order valence-electron chi connectivity index (χ3n) is 2.67. The van der Waals surface area contributed by atoms with Crippen molar-refractivity contribution in [2.75, 3.05) is 11.1 Å². The predicted octanol–water partition coefficient (Wildman–Crippen LogP) is 3.65. The Kier molecular flexibility index (Phi) is 4.98. The van der Waals surface area contributed by atoms with E-state index < -0.39 is 0 Å². The second-order valence-electron chi connectivity index (χ2n) is 4.29. The minimum absolute atomic E-state index is 0.0801. The molecule has 0 radical (unpaired) electrons. The number of hydrogen-bond donors (Lipinski definition) is 2. The highest BCUT2D eigenvalue weighted by Crippen LogP contribution is 2.23. The van der Waals surface area contributed by atoms with Gasteiger partial charge in [-0.25, -0.2) is 4.98 Å². The topological polar surface area (TPSA) is 68.0 Å². The molecule has 0 saturated heterocycles. The van der Waals surface area contributed by atoms with Crippen molar-refractivity contribution < 1.29 is 4.79 Å². The van der Waals surface area contributed by atoms with E-state index in [0.717, 1.165) is 5.56 Å². The van der Waals surface area contributed by atoms with Gasteiger partial charge in [0.1, 0.15) is 5.15 Å². The number of pyridine rings is 1. The fourth-order valence-electron chi connectivity index (χ4n) is 1.72. The van der Waals surface area contributed by atoms with Crippen molar-refractivity contribution in [2.24, 2.45) is 0 Å². The number of nitrogens with two attached hydrogens (primary N) is 1. The van der Waals surface area contributed by atoms with E-state index in [-0.39, 0.29) is 5.91 Å². The van der Waals surface area contributed by atoms with E-state index in [4.69, 9.17) is 17.3 Å². The van der Waals surface area contributed by atoms with Gasteiger partial charge in [0.05, 0.1) is 16.4 Å². The van der Waals surface area contributed by atoms with Crippen LogP contribution in [0.15, 0.2) is 41.0 Å². The predicted molar refractivity (Wildman–Crippen MR) is 84.8 cm³/mol. The van der Waals surface area contributed by atoms with Gasteiger partial charge in [-0.3, -0.25) is 4.79 Å². The van der Waals surface area contributed by atoms with E-state index in [1.54, 1.807) is 6.07 Å². The minimum Gasteiger partial charge on any atom is -0.399 e. The van der Waals surface area contributed by atoms with Crippen LogP contribution in [0.3, 0.4) is 0 Å². The summed E-state index contributed by atoms with van der Waals surface area (Å²) in [7, 11) is 0. The second-order valence-corrected chi connectivity index (χ2v) is 5.50. The quantitative estimate of drug-likeness (QED) is 0.650.